The minimum Gasteiger partial charge on any atom is -0.481 e. The molecular formula is C13H15NO5. The summed E-state index contributed by atoms with van der Waals surface area (Å²) in [6, 6.07) is 6.56. The summed E-state index contributed by atoms with van der Waals surface area (Å²) in [4.78, 5) is 33.4. The summed E-state index contributed by atoms with van der Waals surface area (Å²) in [6.07, 6.45) is 0.562. The molecule has 0 spiro atoms. The summed E-state index contributed by atoms with van der Waals surface area (Å²) in [5, 5.41) is 17.4. The predicted molar refractivity (Wildman–Crippen MR) is 68.5 cm³/mol. The highest BCUT2D eigenvalue weighted by Crippen LogP contribution is 2.15. The Kier molecular flexibility index (Phi) is 5.53. The normalized spacial score (nSPS) is 9.89. The van der Waals surface area contributed by atoms with Gasteiger partial charge < -0.3 is 15.1 Å². The van der Waals surface area contributed by atoms with Crippen molar-refractivity contribution in [1.82, 2.24) is 0 Å². The Hall–Kier alpha value is -2.37. The highest BCUT2D eigenvalue weighted by molar-refractivity contribution is 5.76. The SMILES string of the molecule is O=Cc1ccc(N(CCC(=O)O)CCC(=O)O)cc1. The van der Waals surface area contributed by atoms with Crippen molar-refractivity contribution in [3.05, 3.63) is 29.8 Å². The summed E-state index contributed by atoms with van der Waals surface area (Å²) in [6.45, 7) is 0.450. The van der Waals surface area contributed by atoms with Crippen molar-refractivity contribution >= 4 is 23.9 Å². The first-order valence-electron chi connectivity index (χ1n) is 5.76. The second-order valence-electron chi connectivity index (χ2n) is 3.98. The molecular weight excluding hydrogens is 250 g/mol. The average Bonchev–Trinajstić information content (AvgIpc) is 2.38. The van der Waals surface area contributed by atoms with Gasteiger partial charge >= 0.3 is 11.9 Å². The molecule has 19 heavy (non-hydrogen) atoms. The van der Waals surface area contributed by atoms with Crippen LogP contribution in [0.1, 0.15) is 23.2 Å². The smallest absolute Gasteiger partial charge is 0.305 e. The standard InChI is InChI=1S/C13H15NO5/c15-9-10-1-3-11(4-2-10)14(7-5-12(16)17)8-6-13(18)19/h1-4,9H,5-8H2,(H,16,17)(H,18,19). The van der Waals surface area contributed by atoms with Crippen molar-refractivity contribution in [2.45, 2.75) is 12.8 Å². The molecule has 0 radical (unpaired) electrons. The highest BCUT2D eigenvalue weighted by Gasteiger charge is 2.10. The molecule has 0 aromatic heterocycles. The average molecular weight is 265 g/mol. The van der Waals surface area contributed by atoms with E-state index < -0.39 is 11.9 Å². The van der Waals surface area contributed by atoms with Gasteiger partial charge in [-0.1, -0.05) is 0 Å². The topological polar surface area (TPSA) is 94.9 Å². The van der Waals surface area contributed by atoms with E-state index in [0.717, 1.165) is 0 Å². The lowest BCUT2D eigenvalue weighted by Gasteiger charge is -2.23. The highest BCUT2D eigenvalue weighted by atomic mass is 16.4. The molecule has 0 amide bonds. The fourth-order valence-corrected chi connectivity index (χ4v) is 1.59. The molecule has 0 atom stereocenters. The quantitative estimate of drug-likeness (QED) is 0.687. The third kappa shape index (κ3) is 5.20. The third-order valence-corrected chi connectivity index (χ3v) is 2.59. The third-order valence-electron chi connectivity index (χ3n) is 2.59. The van der Waals surface area contributed by atoms with E-state index in [0.29, 0.717) is 17.5 Å². The van der Waals surface area contributed by atoms with Crippen LogP contribution in [0.25, 0.3) is 0 Å². The number of hydrogen-bond acceptors (Lipinski definition) is 4. The lowest BCUT2D eigenvalue weighted by molar-refractivity contribution is -0.137. The number of aldehydes is 1. The summed E-state index contributed by atoms with van der Waals surface area (Å²) >= 11 is 0. The van der Waals surface area contributed by atoms with Crippen molar-refractivity contribution in [1.29, 1.82) is 0 Å². The minimum atomic E-state index is -0.940. The number of aliphatic carboxylic acids is 2. The molecule has 2 N–H and O–H groups in total. The summed E-state index contributed by atoms with van der Waals surface area (Å²) in [5.74, 6) is -1.88. The first-order valence-corrected chi connectivity index (χ1v) is 5.76. The zero-order valence-corrected chi connectivity index (χ0v) is 10.3. The van der Waals surface area contributed by atoms with E-state index in [1.54, 1.807) is 29.2 Å². The second kappa shape index (κ2) is 7.15. The van der Waals surface area contributed by atoms with Gasteiger partial charge in [-0.15, -0.1) is 0 Å². The number of carbonyl (C=O) groups excluding carboxylic acids is 1. The molecule has 1 aromatic carbocycles. The summed E-state index contributed by atoms with van der Waals surface area (Å²) in [7, 11) is 0. The minimum absolute atomic E-state index is 0.0744. The first-order chi connectivity index (χ1) is 9.02. The zero-order valence-electron chi connectivity index (χ0n) is 10.3. The van der Waals surface area contributed by atoms with Crippen LogP contribution in [-0.4, -0.2) is 41.5 Å². The van der Waals surface area contributed by atoms with Gasteiger partial charge in [-0.05, 0) is 24.3 Å². The number of rotatable bonds is 8. The molecule has 0 fully saturated rings. The van der Waals surface area contributed by atoms with Crippen LogP contribution in [0.4, 0.5) is 5.69 Å². The van der Waals surface area contributed by atoms with Crippen LogP contribution < -0.4 is 4.90 Å². The monoisotopic (exact) mass is 265 g/mol. The van der Waals surface area contributed by atoms with E-state index in [4.69, 9.17) is 10.2 Å². The molecule has 0 unspecified atom stereocenters. The Labute approximate surface area is 110 Å². The van der Waals surface area contributed by atoms with Crippen LogP contribution in [0.5, 0.6) is 0 Å². The van der Waals surface area contributed by atoms with E-state index in [9.17, 15) is 14.4 Å². The van der Waals surface area contributed by atoms with Crippen LogP contribution in [0.15, 0.2) is 24.3 Å². The molecule has 0 aliphatic carbocycles. The van der Waals surface area contributed by atoms with Crippen LogP contribution in [0, 0.1) is 0 Å². The summed E-state index contributed by atoms with van der Waals surface area (Å²) in [5.41, 5.74) is 1.22. The fourth-order valence-electron chi connectivity index (χ4n) is 1.59. The van der Waals surface area contributed by atoms with E-state index >= 15 is 0 Å². The molecule has 1 aromatic rings. The number of carboxylic acids is 2. The number of carbonyl (C=O) groups is 3. The van der Waals surface area contributed by atoms with Crippen LogP contribution >= 0.6 is 0 Å². The van der Waals surface area contributed by atoms with Gasteiger partial charge in [-0.2, -0.15) is 0 Å². The van der Waals surface area contributed by atoms with Crippen LogP contribution in [0.2, 0.25) is 0 Å². The Bertz CT molecular complexity index is 437. The Balaban J connectivity index is 2.76. The van der Waals surface area contributed by atoms with Crippen LogP contribution in [0.3, 0.4) is 0 Å². The van der Waals surface area contributed by atoms with Crippen molar-refractivity contribution in [2.24, 2.45) is 0 Å². The molecule has 102 valence electrons. The van der Waals surface area contributed by atoms with Gasteiger partial charge in [0.15, 0.2) is 0 Å². The molecule has 1 rings (SSSR count). The maximum absolute atomic E-state index is 10.6. The fraction of sp³-hybridized carbons (Fsp3) is 0.308. The predicted octanol–water partition coefficient (Wildman–Crippen LogP) is 1.25. The number of carboxylic acid groups (broad SMARTS) is 2. The van der Waals surface area contributed by atoms with Gasteiger partial charge in [-0.25, -0.2) is 0 Å². The Morgan fingerprint density at radius 3 is 1.84 bits per heavy atom. The van der Waals surface area contributed by atoms with Gasteiger partial charge in [-0.3, -0.25) is 14.4 Å². The Morgan fingerprint density at radius 2 is 1.47 bits per heavy atom. The molecule has 6 nitrogen and oxygen atoms in total. The Morgan fingerprint density at radius 1 is 1.00 bits per heavy atom. The number of nitrogens with zero attached hydrogens (tertiary/aromatic N) is 1. The second-order valence-corrected chi connectivity index (χ2v) is 3.98. The van der Waals surface area contributed by atoms with Gasteiger partial charge in [0, 0.05) is 24.3 Å². The van der Waals surface area contributed by atoms with Gasteiger partial charge in [0.25, 0.3) is 0 Å². The number of benzene rings is 1. The number of anilines is 1. The van der Waals surface area contributed by atoms with Gasteiger partial charge in [0.2, 0.25) is 0 Å². The largest absolute Gasteiger partial charge is 0.481 e. The van der Waals surface area contributed by atoms with E-state index in [2.05, 4.69) is 0 Å². The van der Waals surface area contributed by atoms with E-state index in [1.165, 1.54) is 0 Å². The molecule has 0 aliphatic rings. The molecule has 0 bridgehead atoms. The van der Waals surface area contributed by atoms with E-state index in [1.807, 2.05) is 0 Å². The first kappa shape index (κ1) is 14.7. The lowest BCUT2D eigenvalue weighted by Crippen LogP contribution is -2.28. The number of hydrogen-bond donors (Lipinski definition) is 2. The zero-order chi connectivity index (χ0) is 14.3. The lowest BCUT2D eigenvalue weighted by atomic mass is 10.2. The molecule has 0 heterocycles. The summed E-state index contributed by atoms with van der Waals surface area (Å²) < 4.78 is 0. The molecule has 0 aliphatic heterocycles. The van der Waals surface area contributed by atoms with E-state index in [-0.39, 0.29) is 25.9 Å². The molecule has 0 saturated heterocycles. The maximum atomic E-state index is 10.6. The van der Waals surface area contributed by atoms with Crippen molar-refractivity contribution < 1.29 is 24.6 Å². The van der Waals surface area contributed by atoms with Crippen molar-refractivity contribution in [3.63, 3.8) is 0 Å². The molecule has 0 saturated carbocycles. The molecule has 6 heteroatoms. The van der Waals surface area contributed by atoms with Crippen molar-refractivity contribution in [2.75, 3.05) is 18.0 Å². The maximum Gasteiger partial charge on any atom is 0.305 e. The van der Waals surface area contributed by atoms with Gasteiger partial charge in [0.05, 0.1) is 12.8 Å². The van der Waals surface area contributed by atoms with Gasteiger partial charge in [0.1, 0.15) is 6.29 Å². The van der Waals surface area contributed by atoms with Crippen LogP contribution in [-0.2, 0) is 9.59 Å². The van der Waals surface area contributed by atoms with Crippen molar-refractivity contribution in [3.8, 4) is 0 Å².